The highest BCUT2D eigenvalue weighted by atomic mass is 32.1. The number of fused-ring (bicyclic) bond motifs is 1. The van der Waals surface area contributed by atoms with Gasteiger partial charge in [-0.3, -0.25) is 4.79 Å². The van der Waals surface area contributed by atoms with Gasteiger partial charge in [0.2, 0.25) is 5.76 Å². The largest absolute Gasteiger partial charge is 0.480 e. The lowest BCUT2D eigenvalue weighted by Gasteiger charge is -2.19. The van der Waals surface area contributed by atoms with Gasteiger partial charge in [-0.15, -0.1) is 0 Å². The van der Waals surface area contributed by atoms with E-state index in [1.807, 2.05) is 24.3 Å². The second-order valence-electron chi connectivity index (χ2n) is 7.41. The van der Waals surface area contributed by atoms with Crippen LogP contribution in [0.3, 0.4) is 0 Å². The summed E-state index contributed by atoms with van der Waals surface area (Å²) in [6.07, 6.45) is 1.06. The molecule has 0 bridgehead atoms. The second kappa shape index (κ2) is 8.04. The summed E-state index contributed by atoms with van der Waals surface area (Å²) in [6.45, 7) is 0.372. The lowest BCUT2D eigenvalue weighted by Crippen LogP contribution is -2.40. The van der Waals surface area contributed by atoms with E-state index in [9.17, 15) is 19.1 Å². The Morgan fingerprint density at radius 2 is 2.09 bits per heavy atom. The fourth-order valence-corrected chi connectivity index (χ4v) is 4.66. The number of amides is 1. The minimum absolute atomic E-state index is 0.000267. The SMILES string of the molecule is O=C(O)[C@@H]1CCCN1C(=O)c1cc(-c2cccc(Nc3nc4ccc(F)cc4s3)c2)no1. The number of thiazole rings is 1. The molecule has 4 aromatic rings. The Labute approximate surface area is 185 Å². The molecular weight excluding hydrogens is 435 g/mol. The number of carboxylic acid groups (broad SMARTS) is 1. The first-order valence-corrected chi connectivity index (χ1v) is 10.7. The van der Waals surface area contributed by atoms with Crippen LogP contribution in [-0.4, -0.2) is 44.6 Å². The summed E-state index contributed by atoms with van der Waals surface area (Å²) in [5.41, 5.74) is 2.61. The summed E-state index contributed by atoms with van der Waals surface area (Å²) < 4.78 is 19.4. The Morgan fingerprint density at radius 3 is 2.94 bits per heavy atom. The number of benzene rings is 2. The predicted molar refractivity (Wildman–Crippen MR) is 116 cm³/mol. The first-order valence-electron chi connectivity index (χ1n) is 9.92. The molecule has 0 aliphatic carbocycles. The average molecular weight is 452 g/mol. The molecule has 0 spiro atoms. The monoisotopic (exact) mass is 452 g/mol. The zero-order valence-electron chi connectivity index (χ0n) is 16.6. The van der Waals surface area contributed by atoms with Gasteiger partial charge in [0.1, 0.15) is 17.6 Å². The van der Waals surface area contributed by atoms with Gasteiger partial charge in [-0.2, -0.15) is 0 Å². The van der Waals surface area contributed by atoms with Crippen molar-refractivity contribution in [3.05, 3.63) is 60.1 Å². The Hall–Kier alpha value is -3.79. The third-order valence-electron chi connectivity index (χ3n) is 5.28. The molecule has 162 valence electrons. The van der Waals surface area contributed by atoms with Crippen LogP contribution < -0.4 is 5.32 Å². The Morgan fingerprint density at radius 1 is 1.22 bits per heavy atom. The Bertz CT molecular complexity index is 1330. The number of carbonyl (C=O) groups excluding carboxylic acids is 1. The molecule has 1 aliphatic heterocycles. The quantitative estimate of drug-likeness (QED) is 0.458. The molecule has 2 N–H and O–H groups in total. The molecule has 1 fully saturated rings. The van der Waals surface area contributed by atoms with Crippen LogP contribution >= 0.6 is 11.3 Å². The number of halogens is 1. The van der Waals surface area contributed by atoms with Crippen molar-refractivity contribution >= 4 is 44.2 Å². The zero-order valence-corrected chi connectivity index (χ0v) is 17.4. The van der Waals surface area contributed by atoms with E-state index in [1.54, 1.807) is 6.07 Å². The van der Waals surface area contributed by atoms with Crippen LogP contribution in [0.4, 0.5) is 15.2 Å². The van der Waals surface area contributed by atoms with Crippen molar-refractivity contribution in [2.45, 2.75) is 18.9 Å². The van der Waals surface area contributed by atoms with Crippen LogP contribution in [0.2, 0.25) is 0 Å². The Kier molecular flexibility index (Phi) is 5.06. The van der Waals surface area contributed by atoms with Gasteiger partial charge in [-0.25, -0.2) is 14.2 Å². The molecule has 32 heavy (non-hydrogen) atoms. The Balaban J connectivity index is 1.36. The standard InChI is InChI=1S/C22H17FN4O4S/c23-13-6-7-15-19(10-13)32-22(25-15)24-14-4-1-3-12(9-14)16-11-18(31-26-16)20(28)27-8-2-5-17(27)21(29)30/h1,3-4,6-7,9-11,17H,2,5,8H2,(H,24,25)(H,29,30)/t17-/m0/s1. The third-order valence-corrected chi connectivity index (χ3v) is 6.21. The summed E-state index contributed by atoms with van der Waals surface area (Å²) in [5.74, 6) is -1.81. The fraction of sp³-hybridized carbons (Fsp3) is 0.182. The minimum atomic E-state index is -1.02. The van der Waals surface area contributed by atoms with Gasteiger partial charge in [-0.1, -0.05) is 28.6 Å². The van der Waals surface area contributed by atoms with Crippen molar-refractivity contribution in [1.29, 1.82) is 0 Å². The normalized spacial score (nSPS) is 15.9. The molecule has 0 radical (unpaired) electrons. The molecule has 1 amide bonds. The molecular formula is C22H17FN4O4S. The second-order valence-corrected chi connectivity index (χ2v) is 8.44. The number of nitrogens with one attached hydrogen (secondary N) is 1. The molecule has 1 saturated heterocycles. The fourth-order valence-electron chi connectivity index (χ4n) is 3.75. The van der Waals surface area contributed by atoms with Crippen LogP contribution in [0.25, 0.3) is 21.5 Å². The zero-order chi connectivity index (χ0) is 22.2. The number of rotatable bonds is 5. The van der Waals surface area contributed by atoms with Gasteiger partial charge < -0.3 is 19.8 Å². The van der Waals surface area contributed by atoms with Crippen molar-refractivity contribution in [3.8, 4) is 11.3 Å². The number of aliphatic carboxylic acids is 1. The number of carbonyl (C=O) groups is 2. The van der Waals surface area contributed by atoms with Gasteiger partial charge >= 0.3 is 5.97 Å². The number of anilines is 2. The van der Waals surface area contributed by atoms with E-state index in [1.165, 1.54) is 34.4 Å². The lowest BCUT2D eigenvalue weighted by atomic mass is 10.1. The highest BCUT2D eigenvalue weighted by Crippen LogP contribution is 2.31. The average Bonchev–Trinajstić information content (AvgIpc) is 3.52. The van der Waals surface area contributed by atoms with Crippen molar-refractivity contribution in [2.24, 2.45) is 0 Å². The molecule has 0 unspecified atom stereocenters. The third kappa shape index (κ3) is 3.80. The molecule has 0 saturated carbocycles. The number of hydrogen-bond acceptors (Lipinski definition) is 7. The maximum absolute atomic E-state index is 13.4. The topological polar surface area (TPSA) is 109 Å². The van der Waals surface area contributed by atoms with Crippen LogP contribution in [0.5, 0.6) is 0 Å². The smallest absolute Gasteiger partial charge is 0.326 e. The maximum Gasteiger partial charge on any atom is 0.326 e. The number of likely N-dealkylation sites (tertiary alicyclic amines) is 1. The van der Waals surface area contributed by atoms with E-state index >= 15 is 0 Å². The summed E-state index contributed by atoms with van der Waals surface area (Å²) in [6, 6.07) is 12.4. The van der Waals surface area contributed by atoms with Crippen LogP contribution in [0, 0.1) is 5.82 Å². The van der Waals surface area contributed by atoms with Crippen molar-refractivity contribution < 1.29 is 23.6 Å². The van der Waals surface area contributed by atoms with Crippen molar-refractivity contribution in [3.63, 3.8) is 0 Å². The van der Waals surface area contributed by atoms with Gasteiger partial charge in [0.05, 0.1) is 10.2 Å². The first kappa shape index (κ1) is 20.1. The predicted octanol–water partition coefficient (Wildman–Crippen LogP) is 4.52. The number of nitrogens with zero attached hydrogens (tertiary/aromatic N) is 3. The molecule has 10 heteroatoms. The van der Waals surface area contributed by atoms with E-state index < -0.39 is 17.9 Å². The first-order chi connectivity index (χ1) is 15.5. The van der Waals surface area contributed by atoms with E-state index in [2.05, 4.69) is 15.5 Å². The number of hydrogen-bond donors (Lipinski definition) is 2. The summed E-state index contributed by atoms with van der Waals surface area (Å²) in [7, 11) is 0. The minimum Gasteiger partial charge on any atom is -0.480 e. The van der Waals surface area contributed by atoms with E-state index in [0.717, 1.165) is 10.4 Å². The van der Waals surface area contributed by atoms with Crippen molar-refractivity contribution in [1.82, 2.24) is 15.0 Å². The molecule has 8 nitrogen and oxygen atoms in total. The van der Waals surface area contributed by atoms with Crippen LogP contribution in [0.1, 0.15) is 23.4 Å². The maximum atomic E-state index is 13.4. The van der Waals surface area contributed by atoms with Crippen LogP contribution in [0.15, 0.2) is 53.1 Å². The lowest BCUT2D eigenvalue weighted by molar-refractivity contribution is -0.141. The molecule has 1 atom stereocenters. The van der Waals surface area contributed by atoms with Crippen molar-refractivity contribution in [2.75, 3.05) is 11.9 Å². The van der Waals surface area contributed by atoms with E-state index in [4.69, 9.17) is 4.52 Å². The molecule has 3 heterocycles. The van der Waals surface area contributed by atoms with Crippen LogP contribution in [-0.2, 0) is 4.79 Å². The molecule has 2 aromatic heterocycles. The molecule has 5 rings (SSSR count). The molecule has 1 aliphatic rings. The van der Waals surface area contributed by atoms with Gasteiger partial charge in [-0.05, 0) is 43.2 Å². The summed E-state index contributed by atoms with van der Waals surface area (Å²) in [4.78, 5) is 29.8. The summed E-state index contributed by atoms with van der Waals surface area (Å²) >= 11 is 1.34. The molecule has 2 aromatic carbocycles. The van der Waals surface area contributed by atoms with E-state index in [0.29, 0.717) is 41.3 Å². The highest BCUT2D eigenvalue weighted by Gasteiger charge is 2.36. The summed E-state index contributed by atoms with van der Waals surface area (Å²) in [5, 5.41) is 17.1. The van der Waals surface area contributed by atoms with Gasteiger partial charge in [0.15, 0.2) is 5.13 Å². The van der Waals surface area contributed by atoms with Gasteiger partial charge in [0.25, 0.3) is 5.91 Å². The number of aromatic nitrogens is 2. The highest BCUT2D eigenvalue weighted by molar-refractivity contribution is 7.22. The number of carboxylic acids is 1. The van der Waals surface area contributed by atoms with E-state index in [-0.39, 0.29) is 11.6 Å². The van der Waals surface area contributed by atoms with Gasteiger partial charge in [0, 0.05) is 23.9 Å².